The Labute approximate surface area is 171 Å². The molecule has 0 radical (unpaired) electrons. The first-order valence-corrected chi connectivity index (χ1v) is 8.39. The molecule has 0 saturated carbocycles. The molecule has 154 valence electrons. The standard InChI is InChI=1S/C17H11Cl2F4N3O3/c18-10-6-5-9(11(19)7-10)8-24-26-15(28)14(27)25-12-3-1-2-4-13(12)29-17(22,23)16(20)21/h1-8,16H,(H,25,27)(H,26,28)/b24-8+. The Kier molecular flexibility index (Phi) is 7.40. The van der Waals surface area contributed by atoms with Crippen molar-refractivity contribution in [1.82, 2.24) is 5.43 Å². The van der Waals surface area contributed by atoms with Crippen LogP contribution in [0.3, 0.4) is 0 Å². The van der Waals surface area contributed by atoms with Crippen molar-refractivity contribution in [3.63, 3.8) is 0 Å². The molecule has 0 heterocycles. The molecule has 0 spiro atoms. The van der Waals surface area contributed by atoms with Crippen molar-refractivity contribution in [2.75, 3.05) is 5.32 Å². The summed E-state index contributed by atoms with van der Waals surface area (Å²) in [5, 5.41) is 6.13. The van der Waals surface area contributed by atoms with Crippen molar-refractivity contribution in [2.45, 2.75) is 12.5 Å². The minimum atomic E-state index is -4.79. The summed E-state index contributed by atoms with van der Waals surface area (Å²) in [7, 11) is 0. The van der Waals surface area contributed by atoms with Crippen LogP contribution in [-0.2, 0) is 9.59 Å². The second-order valence-electron chi connectivity index (χ2n) is 5.28. The lowest BCUT2D eigenvalue weighted by molar-refractivity contribution is -0.252. The van der Waals surface area contributed by atoms with Gasteiger partial charge in [-0.3, -0.25) is 9.59 Å². The molecular weight excluding hydrogens is 441 g/mol. The summed E-state index contributed by atoms with van der Waals surface area (Å²) in [5.74, 6) is -3.32. The van der Waals surface area contributed by atoms with Crippen molar-refractivity contribution in [3.05, 3.63) is 58.1 Å². The number of halogens is 6. The van der Waals surface area contributed by atoms with Gasteiger partial charge in [-0.15, -0.1) is 0 Å². The molecule has 0 aliphatic carbocycles. The lowest BCUT2D eigenvalue weighted by Gasteiger charge is -2.19. The van der Waals surface area contributed by atoms with E-state index in [-0.39, 0.29) is 5.02 Å². The third-order valence-electron chi connectivity index (χ3n) is 3.17. The number of alkyl halides is 4. The van der Waals surface area contributed by atoms with Crippen LogP contribution in [0.15, 0.2) is 47.6 Å². The molecule has 0 saturated heterocycles. The maximum Gasteiger partial charge on any atom is 0.461 e. The van der Waals surface area contributed by atoms with E-state index in [0.717, 1.165) is 18.3 Å². The van der Waals surface area contributed by atoms with Gasteiger partial charge in [-0.05, 0) is 24.3 Å². The highest BCUT2D eigenvalue weighted by molar-refractivity contribution is 6.40. The summed E-state index contributed by atoms with van der Waals surface area (Å²) in [4.78, 5) is 23.7. The van der Waals surface area contributed by atoms with E-state index in [9.17, 15) is 27.2 Å². The smallest absolute Gasteiger partial charge is 0.426 e. The second-order valence-corrected chi connectivity index (χ2v) is 6.12. The highest BCUT2D eigenvalue weighted by Gasteiger charge is 2.44. The molecule has 0 atom stereocenters. The van der Waals surface area contributed by atoms with Crippen LogP contribution >= 0.6 is 23.2 Å². The number of hydrogen-bond acceptors (Lipinski definition) is 4. The van der Waals surface area contributed by atoms with Gasteiger partial charge in [0.2, 0.25) is 0 Å². The number of nitrogens with one attached hydrogen (secondary N) is 2. The Bertz CT molecular complexity index is 942. The highest BCUT2D eigenvalue weighted by atomic mass is 35.5. The average molecular weight is 452 g/mol. The minimum absolute atomic E-state index is 0.242. The predicted molar refractivity (Wildman–Crippen MR) is 98.8 cm³/mol. The molecule has 29 heavy (non-hydrogen) atoms. The summed E-state index contributed by atoms with van der Waals surface area (Å²) < 4.78 is 54.7. The van der Waals surface area contributed by atoms with E-state index in [4.69, 9.17) is 23.2 Å². The van der Waals surface area contributed by atoms with Crippen molar-refractivity contribution in [1.29, 1.82) is 0 Å². The van der Waals surface area contributed by atoms with Crippen LogP contribution in [0, 0.1) is 0 Å². The molecule has 2 rings (SSSR count). The Morgan fingerprint density at radius 3 is 2.45 bits per heavy atom. The number of para-hydroxylation sites is 2. The molecule has 0 fully saturated rings. The number of nitrogens with zero attached hydrogens (tertiary/aromatic N) is 1. The van der Waals surface area contributed by atoms with Crippen LogP contribution in [0.25, 0.3) is 0 Å². The van der Waals surface area contributed by atoms with E-state index in [1.165, 1.54) is 30.3 Å². The molecule has 0 aliphatic rings. The SMILES string of the molecule is O=C(N/N=C/c1ccc(Cl)cc1Cl)C(=O)Nc1ccccc1OC(F)(F)C(F)F. The van der Waals surface area contributed by atoms with Gasteiger partial charge in [0.1, 0.15) is 5.75 Å². The fourth-order valence-corrected chi connectivity index (χ4v) is 2.30. The molecule has 0 aromatic heterocycles. The number of carbonyl (C=O) groups excluding carboxylic acids is 2. The van der Waals surface area contributed by atoms with Gasteiger partial charge in [0.05, 0.1) is 16.9 Å². The van der Waals surface area contributed by atoms with Crippen molar-refractivity contribution >= 4 is 46.9 Å². The summed E-state index contributed by atoms with van der Waals surface area (Å²) in [6.07, 6.45) is -7.74. The van der Waals surface area contributed by atoms with Gasteiger partial charge in [-0.1, -0.05) is 41.4 Å². The lowest BCUT2D eigenvalue weighted by Crippen LogP contribution is -2.35. The quantitative estimate of drug-likeness (QED) is 0.297. The molecule has 6 nitrogen and oxygen atoms in total. The highest BCUT2D eigenvalue weighted by Crippen LogP contribution is 2.32. The molecule has 0 bridgehead atoms. The summed E-state index contributed by atoms with van der Waals surface area (Å²) in [6, 6.07) is 9.00. The van der Waals surface area contributed by atoms with Crippen LogP contribution in [0.2, 0.25) is 10.0 Å². The monoisotopic (exact) mass is 451 g/mol. The van der Waals surface area contributed by atoms with E-state index in [1.807, 2.05) is 10.7 Å². The summed E-state index contributed by atoms with van der Waals surface area (Å²) >= 11 is 11.7. The van der Waals surface area contributed by atoms with Gasteiger partial charge < -0.3 is 10.1 Å². The first-order valence-electron chi connectivity index (χ1n) is 7.63. The average Bonchev–Trinajstić information content (AvgIpc) is 2.64. The van der Waals surface area contributed by atoms with Crippen molar-refractivity contribution in [2.24, 2.45) is 5.10 Å². The van der Waals surface area contributed by atoms with Gasteiger partial charge in [-0.2, -0.15) is 22.7 Å². The molecule has 2 N–H and O–H groups in total. The Morgan fingerprint density at radius 1 is 1.10 bits per heavy atom. The number of benzene rings is 2. The van der Waals surface area contributed by atoms with Gasteiger partial charge in [0.25, 0.3) is 0 Å². The third kappa shape index (κ3) is 6.33. The second kappa shape index (κ2) is 9.57. The number of anilines is 1. The minimum Gasteiger partial charge on any atom is -0.426 e. The maximum atomic E-state index is 13.1. The Hall–Kier alpha value is -2.85. The molecule has 0 aliphatic heterocycles. The number of hydrazone groups is 1. The van der Waals surface area contributed by atoms with Crippen LogP contribution in [-0.4, -0.2) is 30.6 Å². The van der Waals surface area contributed by atoms with E-state index >= 15 is 0 Å². The number of rotatable bonds is 6. The van der Waals surface area contributed by atoms with E-state index < -0.39 is 35.8 Å². The molecule has 12 heteroatoms. The van der Waals surface area contributed by atoms with E-state index in [2.05, 4.69) is 9.84 Å². The van der Waals surface area contributed by atoms with Crippen LogP contribution < -0.4 is 15.5 Å². The fraction of sp³-hybridized carbons (Fsp3) is 0.118. The number of hydrogen-bond donors (Lipinski definition) is 2. The fourth-order valence-electron chi connectivity index (χ4n) is 1.85. The lowest BCUT2D eigenvalue weighted by atomic mass is 10.2. The molecular formula is C17H11Cl2F4N3O3. The largest absolute Gasteiger partial charge is 0.461 e. The van der Waals surface area contributed by atoms with Crippen molar-refractivity contribution < 1.29 is 31.9 Å². The normalized spacial score (nSPS) is 11.6. The van der Waals surface area contributed by atoms with Gasteiger partial charge >= 0.3 is 24.3 Å². The van der Waals surface area contributed by atoms with Crippen molar-refractivity contribution in [3.8, 4) is 5.75 Å². The molecule has 0 unspecified atom stereocenters. The van der Waals surface area contributed by atoms with E-state index in [1.54, 1.807) is 0 Å². The zero-order valence-corrected chi connectivity index (χ0v) is 15.6. The van der Waals surface area contributed by atoms with Gasteiger partial charge in [-0.25, -0.2) is 5.43 Å². The van der Waals surface area contributed by atoms with Gasteiger partial charge in [0.15, 0.2) is 0 Å². The Morgan fingerprint density at radius 2 is 1.79 bits per heavy atom. The summed E-state index contributed by atoms with van der Waals surface area (Å²) in [6.45, 7) is 0. The summed E-state index contributed by atoms with van der Waals surface area (Å²) in [5.41, 5.74) is 1.87. The van der Waals surface area contributed by atoms with Crippen LogP contribution in [0.1, 0.15) is 5.56 Å². The third-order valence-corrected chi connectivity index (χ3v) is 3.74. The zero-order valence-electron chi connectivity index (χ0n) is 14.1. The predicted octanol–water partition coefficient (Wildman–Crippen LogP) is 4.32. The number of ether oxygens (including phenoxy) is 1. The van der Waals surface area contributed by atoms with Crippen LogP contribution in [0.4, 0.5) is 23.2 Å². The number of amides is 2. The Balaban J connectivity index is 2.03. The van der Waals surface area contributed by atoms with Gasteiger partial charge in [0, 0.05) is 10.6 Å². The maximum absolute atomic E-state index is 13.1. The molecule has 2 aromatic rings. The number of carbonyl (C=O) groups is 2. The van der Waals surface area contributed by atoms with E-state index in [0.29, 0.717) is 10.6 Å². The first-order chi connectivity index (χ1) is 13.6. The van der Waals surface area contributed by atoms with Crippen LogP contribution in [0.5, 0.6) is 5.75 Å². The first kappa shape index (κ1) is 22.4. The topological polar surface area (TPSA) is 79.8 Å². The molecule has 2 aromatic carbocycles. The molecule has 2 amide bonds. The zero-order chi connectivity index (χ0) is 21.6.